The summed E-state index contributed by atoms with van der Waals surface area (Å²) in [5, 5.41) is 0. The van der Waals surface area contributed by atoms with Crippen molar-refractivity contribution in [3.05, 3.63) is 12.1 Å². The molecule has 0 bridgehead atoms. The molecule has 0 amide bonds. The van der Waals surface area contributed by atoms with E-state index in [9.17, 15) is 12.9 Å². The number of rotatable bonds is 3. The molecule has 1 fully saturated rings. The van der Waals surface area contributed by atoms with Crippen molar-refractivity contribution < 1.29 is 12.9 Å². The minimum absolute atomic E-state index is 0.0276. The molecule has 0 aromatic rings. The number of hydrogen-bond acceptors (Lipinski definition) is 2. The van der Waals surface area contributed by atoms with Gasteiger partial charge in [0.15, 0.2) is 0 Å². The highest BCUT2D eigenvalue weighted by atomic mass is 32.2. The first-order valence-corrected chi connectivity index (χ1v) is 6.43. The van der Waals surface area contributed by atoms with E-state index in [1.807, 2.05) is 16.7 Å². The summed E-state index contributed by atoms with van der Waals surface area (Å²) in [5.74, 6) is 0.894. The van der Waals surface area contributed by atoms with Crippen LogP contribution in [0.5, 0.6) is 0 Å². The molecule has 0 aromatic carbocycles. The highest BCUT2D eigenvalue weighted by molar-refractivity contribution is 8.00. The van der Waals surface area contributed by atoms with Crippen LogP contribution < -0.4 is 0 Å². The summed E-state index contributed by atoms with van der Waals surface area (Å²) in [6, 6.07) is 0. The van der Waals surface area contributed by atoms with E-state index in [-0.39, 0.29) is 11.3 Å². The first-order chi connectivity index (χ1) is 7.21. The van der Waals surface area contributed by atoms with Crippen molar-refractivity contribution in [3.8, 4) is 0 Å². The van der Waals surface area contributed by atoms with E-state index in [4.69, 9.17) is 0 Å². The molecule has 6 heteroatoms. The van der Waals surface area contributed by atoms with Crippen LogP contribution in [-0.4, -0.2) is 42.0 Å². The van der Waals surface area contributed by atoms with Crippen LogP contribution >= 0.6 is 11.8 Å². The van der Waals surface area contributed by atoms with Crippen molar-refractivity contribution in [1.29, 1.82) is 0 Å². The normalized spacial score (nSPS) is 22.8. The fourth-order valence-corrected chi connectivity index (χ4v) is 2.75. The third-order valence-corrected chi connectivity index (χ3v) is 4.19. The summed E-state index contributed by atoms with van der Waals surface area (Å²) in [6.07, 6.45) is 0.926. The summed E-state index contributed by atoms with van der Waals surface area (Å²) in [6.45, 7) is 3.97. The smallest absolute Gasteiger partial charge is 0.445 e. The molecule has 0 aliphatic carbocycles. The van der Waals surface area contributed by atoms with Crippen molar-refractivity contribution in [2.75, 3.05) is 25.4 Å². The van der Waals surface area contributed by atoms with Crippen molar-refractivity contribution in [2.45, 2.75) is 25.0 Å². The quantitative estimate of drug-likeness (QED) is 0.710. The van der Waals surface area contributed by atoms with Gasteiger partial charge in [0, 0.05) is 17.0 Å². The van der Waals surface area contributed by atoms with Crippen molar-refractivity contribution in [2.24, 2.45) is 0 Å². The van der Waals surface area contributed by atoms with Gasteiger partial charge in [-0.15, -0.1) is 12.1 Å². The largest absolute Gasteiger partial charge is 0.506 e. The molecule has 94 valence electrons. The van der Waals surface area contributed by atoms with Crippen LogP contribution in [0, 0.1) is 0 Å². The van der Waals surface area contributed by atoms with Gasteiger partial charge >= 0.3 is 6.98 Å². The fraction of sp³-hybridized carbons (Fsp3) is 0.800. The summed E-state index contributed by atoms with van der Waals surface area (Å²) in [4.78, 5) is 1.86. The maximum atomic E-state index is 12.4. The van der Waals surface area contributed by atoms with E-state index < -0.39 is 12.4 Å². The average molecular weight is 252 g/mol. The van der Waals surface area contributed by atoms with E-state index >= 15 is 0 Å². The molecule has 0 saturated carbocycles. The molecule has 0 unspecified atom stereocenters. The van der Waals surface area contributed by atoms with Gasteiger partial charge in [0.05, 0.1) is 0 Å². The predicted octanol–water partition coefficient (Wildman–Crippen LogP) is 3.15. The Morgan fingerprint density at radius 3 is 2.56 bits per heavy atom. The van der Waals surface area contributed by atoms with Gasteiger partial charge in [-0.3, -0.25) is 0 Å². The van der Waals surface area contributed by atoms with Crippen molar-refractivity contribution in [1.82, 2.24) is 4.90 Å². The Bertz CT molecular complexity index is 265. The molecule has 0 spiro atoms. The molecule has 1 aliphatic rings. The lowest BCUT2D eigenvalue weighted by molar-refractivity contribution is 0.305. The molecular formula is C10H18BF3NS-. The number of hydrogen-bond donors (Lipinski definition) is 0. The lowest BCUT2D eigenvalue weighted by Gasteiger charge is -2.26. The molecule has 1 heterocycles. The van der Waals surface area contributed by atoms with E-state index in [1.165, 1.54) is 0 Å². The maximum absolute atomic E-state index is 12.4. The van der Waals surface area contributed by atoms with Gasteiger partial charge in [-0.25, -0.2) is 0 Å². The van der Waals surface area contributed by atoms with Gasteiger partial charge in [-0.2, -0.15) is 11.8 Å². The monoisotopic (exact) mass is 252 g/mol. The van der Waals surface area contributed by atoms with Gasteiger partial charge in [-0.05, 0) is 19.5 Å². The average Bonchev–Trinajstić information content (AvgIpc) is 2.26. The second-order valence-electron chi connectivity index (χ2n) is 4.87. The lowest BCUT2D eigenvalue weighted by Crippen LogP contribution is -2.34. The van der Waals surface area contributed by atoms with Crippen LogP contribution in [0.1, 0.15) is 20.3 Å². The molecule has 0 radical (unpaired) electrons. The summed E-state index contributed by atoms with van der Waals surface area (Å²) < 4.78 is 37.3. The Morgan fingerprint density at radius 2 is 2.00 bits per heavy atom. The predicted molar refractivity (Wildman–Crippen MR) is 65.8 cm³/mol. The van der Waals surface area contributed by atoms with Crippen LogP contribution in [0.3, 0.4) is 0 Å². The summed E-state index contributed by atoms with van der Waals surface area (Å²) in [5.41, 5.74) is -0.579. The zero-order valence-corrected chi connectivity index (χ0v) is 10.6. The van der Waals surface area contributed by atoms with E-state index in [0.29, 0.717) is 0 Å². The van der Waals surface area contributed by atoms with Crippen molar-refractivity contribution in [3.63, 3.8) is 0 Å². The molecule has 1 aliphatic heterocycles. The van der Waals surface area contributed by atoms with Crippen LogP contribution in [0.4, 0.5) is 12.9 Å². The van der Waals surface area contributed by atoms with Crippen LogP contribution in [0.15, 0.2) is 12.1 Å². The molecule has 1 nitrogen and oxygen atoms in total. The van der Waals surface area contributed by atoms with Crippen LogP contribution in [0.2, 0.25) is 0 Å². The Kier molecular flexibility index (Phi) is 4.40. The number of thioether (sulfide) groups is 1. The minimum Gasteiger partial charge on any atom is -0.445 e. The first-order valence-electron chi connectivity index (χ1n) is 5.45. The van der Waals surface area contributed by atoms with E-state index in [2.05, 4.69) is 20.4 Å². The number of halogens is 3. The van der Waals surface area contributed by atoms with E-state index in [1.54, 1.807) is 0 Å². The van der Waals surface area contributed by atoms with Crippen LogP contribution in [0.25, 0.3) is 0 Å². The Morgan fingerprint density at radius 1 is 1.38 bits per heavy atom. The molecule has 0 aromatic heterocycles. The molecule has 16 heavy (non-hydrogen) atoms. The molecule has 1 saturated heterocycles. The fourth-order valence-electron chi connectivity index (χ4n) is 1.61. The molecular weight excluding hydrogens is 234 g/mol. The Labute approximate surface area is 99.5 Å². The van der Waals surface area contributed by atoms with Gasteiger partial charge in [0.1, 0.15) is 0 Å². The molecule has 0 N–H and O–H groups in total. The topological polar surface area (TPSA) is 3.24 Å². The van der Waals surface area contributed by atoms with Gasteiger partial charge in [0.2, 0.25) is 0 Å². The Hall–Kier alpha value is -0.0951. The molecule has 1 rings (SSSR count). The second kappa shape index (κ2) is 5.04. The van der Waals surface area contributed by atoms with E-state index in [0.717, 1.165) is 25.3 Å². The third-order valence-electron chi connectivity index (χ3n) is 2.82. The summed E-state index contributed by atoms with van der Waals surface area (Å²) in [7, 11) is 0. The highest BCUT2D eigenvalue weighted by Gasteiger charge is 2.29. The number of nitrogens with zero attached hydrogens (tertiary/aromatic N) is 1. The first kappa shape index (κ1) is 14.0. The lowest BCUT2D eigenvalue weighted by atomic mass is 9.80. The van der Waals surface area contributed by atoms with Crippen molar-refractivity contribution >= 4 is 18.7 Å². The highest BCUT2D eigenvalue weighted by Crippen LogP contribution is 2.31. The second-order valence-corrected chi connectivity index (χ2v) is 6.67. The van der Waals surface area contributed by atoms with Gasteiger partial charge in [0.25, 0.3) is 0 Å². The third kappa shape index (κ3) is 4.41. The minimum atomic E-state index is -4.88. The van der Waals surface area contributed by atoms with Crippen LogP contribution in [-0.2, 0) is 0 Å². The Balaban J connectivity index is 2.48. The zero-order valence-electron chi connectivity index (χ0n) is 9.81. The standard InChI is InChI=1S/C10H18BF3NS/c1-9(11(12,13)14)8-15-5-4-10(2,3)16-7-6-15/h1,4-8H2,2-3H3/q-1. The zero-order chi connectivity index (χ0) is 12.4. The molecule has 0 atom stereocenters. The maximum Gasteiger partial charge on any atom is 0.506 e. The SMILES string of the molecule is C=C(CN1CCSC(C)(C)CC1)[B-](F)(F)F. The summed E-state index contributed by atoms with van der Waals surface area (Å²) >= 11 is 1.83. The van der Waals surface area contributed by atoms with Gasteiger partial charge in [-0.1, -0.05) is 13.8 Å². The van der Waals surface area contributed by atoms with Gasteiger partial charge < -0.3 is 17.8 Å².